The molecule has 1 fully saturated rings. The van der Waals surface area contributed by atoms with Gasteiger partial charge in [0.15, 0.2) is 11.5 Å². The fourth-order valence-corrected chi connectivity index (χ4v) is 5.46. The summed E-state index contributed by atoms with van der Waals surface area (Å²) in [5, 5.41) is 9.39. The van der Waals surface area contributed by atoms with E-state index in [1.807, 2.05) is 0 Å². The summed E-state index contributed by atoms with van der Waals surface area (Å²) in [4.78, 5) is 33.1. The number of carbonyl (C=O) groups is 2. The second kappa shape index (κ2) is 18.3. The molecule has 0 amide bonds. The van der Waals surface area contributed by atoms with Crippen LogP contribution in [-0.2, 0) is 4.74 Å². The molecular formula is C32H43ClN4O8. The van der Waals surface area contributed by atoms with Gasteiger partial charge >= 0.3 is 11.9 Å². The van der Waals surface area contributed by atoms with Crippen molar-refractivity contribution < 1.29 is 38.4 Å². The summed E-state index contributed by atoms with van der Waals surface area (Å²) in [6.07, 6.45) is 3.15. The third kappa shape index (κ3) is 10.4. The summed E-state index contributed by atoms with van der Waals surface area (Å²) in [6.45, 7) is 13.9. The third-order valence-corrected chi connectivity index (χ3v) is 7.90. The number of nitrogens with two attached hydrogens (primary N) is 1. The van der Waals surface area contributed by atoms with Gasteiger partial charge in [0, 0.05) is 19.6 Å². The van der Waals surface area contributed by atoms with Gasteiger partial charge in [0.2, 0.25) is 11.4 Å². The van der Waals surface area contributed by atoms with Gasteiger partial charge in [-0.1, -0.05) is 11.6 Å². The van der Waals surface area contributed by atoms with Crippen LogP contribution in [0.3, 0.4) is 0 Å². The zero-order valence-corrected chi connectivity index (χ0v) is 26.9. The first-order valence-electron chi connectivity index (χ1n) is 15.0. The molecule has 1 heterocycles. The summed E-state index contributed by atoms with van der Waals surface area (Å²) in [7, 11) is 4.45. The maximum absolute atomic E-state index is 13.4. The number of carbonyl (C=O) groups excluding carboxylic acids is 1. The number of hydrogen-bond donors (Lipinski definition) is 2. The smallest absolute Gasteiger partial charge is 0.338 e. The Morgan fingerprint density at radius 2 is 1.58 bits per heavy atom. The lowest BCUT2D eigenvalue weighted by Crippen LogP contribution is -2.34. The average molecular weight is 647 g/mol. The first-order valence-corrected chi connectivity index (χ1v) is 15.3. The monoisotopic (exact) mass is 646 g/mol. The lowest BCUT2D eigenvalue weighted by molar-refractivity contribution is 0.0221. The molecule has 1 unspecified atom stereocenters. The molecule has 0 spiro atoms. The predicted octanol–water partition coefficient (Wildman–Crippen LogP) is 4.75. The molecule has 0 saturated carbocycles. The molecule has 3 rings (SSSR count). The number of methoxy groups -OCH3 is 3. The largest absolute Gasteiger partial charge is 0.505 e. The van der Waals surface area contributed by atoms with E-state index in [0.717, 1.165) is 52.1 Å². The molecule has 3 N–H and O–H groups in total. The molecule has 0 radical (unpaired) electrons. The highest BCUT2D eigenvalue weighted by atomic mass is 35.5. The van der Waals surface area contributed by atoms with Crippen LogP contribution in [0.1, 0.15) is 52.8 Å². The van der Waals surface area contributed by atoms with E-state index in [2.05, 4.69) is 14.6 Å². The number of hydrogen-bond acceptors (Lipinski definition) is 10. The van der Waals surface area contributed by atoms with Gasteiger partial charge in [0.1, 0.15) is 11.9 Å². The van der Waals surface area contributed by atoms with Gasteiger partial charge in [0.25, 0.3) is 0 Å². The highest BCUT2D eigenvalue weighted by Crippen LogP contribution is 2.39. The average Bonchev–Trinajstić information content (AvgIpc) is 3.28. The van der Waals surface area contributed by atoms with Crippen LogP contribution in [0.25, 0.3) is 4.85 Å². The zero-order valence-electron chi connectivity index (χ0n) is 26.2. The van der Waals surface area contributed by atoms with Crippen LogP contribution >= 0.6 is 11.6 Å². The quantitative estimate of drug-likeness (QED) is 0.140. The number of nitrogens with zero attached hydrogens (tertiary/aromatic N) is 3. The molecule has 2 aromatic rings. The van der Waals surface area contributed by atoms with E-state index in [0.29, 0.717) is 43.1 Å². The van der Waals surface area contributed by atoms with E-state index in [1.54, 1.807) is 12.1 Å². The topological polar surface area (TPSA) is 137 Å². The second-order valence-corrected chi connectivity index (χ2v) is 11.0. The van der Waals surface area contributed by atoms with Gasteiger partial charge in [-0.2, -0.15) is 0 Å². The number of halogens is 1. The maximum atomic E-state index is 13.4. The van der Waals surface area contributed by atoms with E-state index in [-0.39, 0.29) is 34.2 Å². The highest BCUT2D eigenvalue weighted by molar-refractivity contribution is 6.34. The van der Waals surface area contributed by atoms with Gasteiger partial charge in [0.05, 0.1) is 50.7 Å². The van der Waals surface area contributed by atoms with Crippen LogP contribution in [0.4, 0.5) is 5.69 Å². The van der Waals surface area contributed by atoms with Crippen LogP contribution in [0, 0.1) is 6.57 Å². The predicted molar refractivity (Wildman–Crippen MR) is 170 cm³/mol. The number of carboxylic acid groups (broad SMARTS) is 1. The molecule has 13 heteroatoms. The summed E-state index contributed by atoms with van der Waals surface area (Å²) in [5.41, 5.74) is 5.94. The first-order chi connectivity index (χ1) is 21.7. The van der Waals surface area contributed by atoms with Gasteiger partial charge in [-0.3, -0.25) is 0 Å². The molecule has 0 aliphatic carbocycles. The summed E-state index contributed by atoms with van der Waals surface area (Å²) in [6, 6.07) is 5.63. The van der Waals surface area contributed by atoms with Crippen molar-refractivity contribution in [3.63, 3.8) is 0 Å². The van der Waals surface area contributed by atoms with Crippen LogP contribution in [-0.4, -0.2) is 107 Å². The van der Waals surface area contributed by atoms with Crippen molar-refractivity contribution in [3.8, 4) is 23.0 Å². The van der Waals surface area contributed by atoms with Gasteiger partial charge in [-0.05, 0) is 82.5 Å². The second-order valence-electron chi connectivity index (χ2n) is 10.6. The Bertz CT molecular complexity index is 1310. The SMILES string of the molecule is [C-]#[N+]c1c(Cl)cc(C(=O)O)cc1OCCCC(CCN1CCCN(CCCN)CC1)OC(=O)c1cc(OC)c(OC)c(OC)c1. The van der Waals surface area contributed by atoms with Crippen molar-refractivity contribution in [2.45, 2.75) is 38.2 Å². The van der Waals surface area contributed by atoms with E-state index in [9.17, 15) is 14.7 Å². The Labute approximate surface area is 269 Å². The minimum absolute atomic E-state index is 0.0103. The Balaban J connectivity index is 1.71. The Morgan fingerprint density at radius 1 is 0.933 bits per heavy atom. The summed E-state index contributed by atoms with van der Waals surface area (Å²) in [5.74, 6) is -0.540. The molecular weight excluding hydrogens is 604 g/mol. The Morgan fingerprint density at radius 3 is 2.16 bits per heavy atom. The minimum atomic E-state index is -1.17. The van der Waals surface area contributed by atoms with Crippen molar-refractivity contribution in [1.29, 1.82) is 0 Å². The number of esters is 1. The molecule has 1 saturated heterocycles. The lowest BCUT2D eigenvalue weighted by Gasteiger charge is -2.25. The minimum Gasteiger partial charge on any atom is -0.505 e. The standard InChI is InChI=1S/C32H43ClN4O8/c1-35-29-25(33)18-22(31(38)39)19-26(29)44-17-5-8-24(9-14-37-13-7-12-36(15-16-37)11-6-10-34)45-32(40)23-20-27(41-2)30(43-4)28(21-23)42-3/h18-21,24H,5-17,34H2,2-4H3,(H,38,39). The van der Waals surface area contributed by atoms with E-state index in [1.165, 1.54) is 33.5 Å². The van der Waals surface area contributed by atoms with Crippen LogP contribution < -0.4 is 24.7 Å². The van der Waals surface area contributed by atoms with Gasteiger partial charge in [-0.25, -0.2) is 14.4 Å². The molecule has 12 nitrogen and oxygen atoms in total. The van der Waals surface area contributed by atoms with Crippen molar-refractivity contribution in [1.82, 2.24) is 9.80 Å². The number of ether oxygens (including phenoxy) is 5. The van der Waals surface area contributed by atoms with E-state index >= 15 is 0 Å². The third-order valence-electron chi connectivity index (χ3n) is 7.62. The van der Waals surface area contributed by atoms with Crippen LogP contribution in [0.5, 0.6) is 23.0 Å². The highest BCUT2D eigenvalue weighted by Gasteiger charge is 2.23. The van der Waals surface area contributed by atoms with Crippen LogP contribution in [0.2, 0.25) is 5.02 Å². The molecule has 0 bridgehead atoms. The fourth-order valence-electron chi connectivity index (χ4n) is 5.20. The van der Waals surface area contributed by atoms with Crippen LogP contribution in [0.15, 0.2) is 24.3 Å². The number of carboxylic acids is 1. The number of rotatable bonds is 17. The number of benzene rings is 2. The van der Waals surface area contributed by atoms with Gasteiger partial charge in [-0.15, -0.1) is 0 Å². The van der Waals surface area contributed by atoms with E-state index < -0.39 is 18.0 Å². The molecule has 1 atom stereocenters. The van der Waals surface area contributed by atoms with Crippen molar-refractivity contribution >= 4 is 29.2 Å². The summed E-state index contributed by atoms with van der Waals surface area (Å²) >= 11 is 6.13. The zero-order chi connectivity index (χ0) is 32.8. The number of aromatic carboxylic acids is 1. The Kier molecular flexibility index (Phi) is 14.5. The maximum Gasteiger partial charge on any atom is 0.338 e. The van der Waals surface area contributed by atoms with Crippen molar-refractivity contribution in [3.05, 3.63) is 51.8 Å². The Hall–Kier alpha value is -3.76. The molecule has 1 aliphatic heterocycles. The lowest BCUT2D eigenvalue weighted by atomic mass is 10.1. The molecule has 2 aromatic carbocycles. The van der Waals surface area contributed by atoms with Crippen molar-refractivity contribution in [2.75, 3.05) is 73.7 Å². The van der Waals surface area contributed by atoms with Gasteiger partial charge < -0.3 is 44.3 Å². The molecule has 45 heavy (non-hydrogen) atoms. The molecule has 0 aromatic heterocycles. The summed E-state index contributed by atoms with van der Waals surface area (Å²) < 4.78 is 28.0. The first kappa shape index (κ1) is 35.7. The van der Waals surface area contributed by atoms with Crippen molar-refractivity contribution in [2.24, 2.45) is 5.73 Å². The normalized spacial score (nSPS) is 14.6. The van der Waals surface area contributed by atoms with E-state index in [4.69, 9.17) is 47.6 Å². The molecule has 246 valence electrons. The fraction of sp³-hybridized carbons (Fsp3) is 0.531. The molecule has 1 aliphatic rings.